The number of non-ortho nitro benzene ring substituents is 1. The largest absolute Gasteiger partial charge is 0.324 e. The molecule has 0 spiro atoms. The summed E-state index contributed by atoms with van der Waals surface area (Å²) in [4.78, 5) is 23.1. The van der Waals surface area contributed by atoms with Gasteiger partial charge in [0.2, 0.25) is 5.91 Å². The van der Waals surface area contributed by atoms with E-state index in [0.29, 0.717) is 10.6 Å². The van der Waals surface area contributed by atoms with Gasteiger partial charge in [0.15, 0.2) is 0 Å². The summed E-state index contributed by atoms with van der Waals surface area (Å²) in [6.07, 6.45) is 0. The van der Waals surface area contributed by atoms with Gasteiger partial charge in [-0.1, -0.05) is 41.9 Å². The van der Waals surface area contributed by atoms with Crippen molar-refractivity contribution in [3.05, 3.63) is 93.5 Å². The van der Waals surface area contributed by atoms with Gasteiger partial charge >= 0.3 is 0 Å². The fourth-order valence-corrected chi connectivity index (χ4v) is 4.56. The van der Waals surface area contributed by atoms with Gasteiger partial charge in [-0.05, 0) is 42.8 Å². The van der Waals surface area contributed by atoms with Gasteiger partial charge in [-0.2, -0.15) is 0 Å². The molecule has 0 bridgehead atoms. The van der Waals surface area contributed by atoms with E-state index in [9.17, 15) is 23.3 Å². The Morgan fingerprint density at radius 1 is 1.06 bits per heavy atom. The minimum atomic E-state index is -4.10. The molecule has 3 aromatic carbocycles. The second kappa shape index (κ2) is 9.15. The fraction of sp³-hybridized carbons (Fsp3) is 0.0952. The van der Waals surface area contributed by atoms with Gasteiger partial charge in [0.25, 0.3) is 15.7 Å². The highest BCUT2D eigenvalue weighted by Gasteiger charge is 2.28. The molecule has 0 aromatic heterocycles. The van der Waals surface area contributed by atoms with E-state index in [2.05, 4.69) is 5.32 Å². The monoisotopic (exact) mass is 459 g/mol. The van der Waals surface area contributed by atoms with Crippen molar-refractivity contribution in [2.24, 2.45) is 0 Å². The third kappa shape index (κ3) is 5.19. The standard InChI is InChI=1S/C21H18ClN3O5S/c1-15-10-11-16(22)12-20(15)24(31(29,30)19-8-3-2-4-9-19)14-21(26)23-17-6-5-7-18(13-17)25(27)28/h2-13H,14H2,1H3,(H,23,26). The van der Waals surface area contributed by atoms with Crippen molar-refractivity contribution in [2.75, 3.05) is 16.2 Å². The molecule has 0 atom stereocenters. The predicted octanol–water partition coefficient (Wildman–Crippen LogP) is 4.39. The summed E-state index contributed by atoms with van der Waals surface area (Å²) in [6, 6.07) is 17.8. The zero-order valence-corrected chi connectivity index (χ0v) is 17.9. The van der Waals surface area contributed by atoms with Crippen molar-refractivity contribution < 1.29 is 18.1 Å². The number of amides is 1. The molecule has 0 aliphatic heterocycles. The van der Waals surface area contributed by atoms with Gasteiger partial charge in [0, 0.05) is 22.8 Å². The Kier molecular flexibility index (Phi) is 6.57. The molecular weight excluding hydrogens is 442 g/mol. The van der Waals surface area contributed by atoms with Crippen LogP contribution in [-0.2, 0) is 14.8 Å². The van der Waals surface area contributed by atoms with E-state index in [1.807, 2.05) is 0 Å². The molecule has 0 radical (unpaired) electrons. The first-order chi connectivity index (χ1) is 14.7. The number of nitrogens with zero attached hydrogens (tertiary/aromatic N) is 2. The van der Waals surface area contributed by atoms with Crippen LogP contribution in [0.2, 0.25) is 5.02 Å². The molecule has 0 saturated carbocycles. The van der Waals surface area contributed by atoms with Crippen molar-refractivity contribution in [3.8, 4) is 0 Å². The Labute approximate surface area is 184 Å². The molecule has 10 heteroatoms. The number of aryl methyl sites for hydroxylation is 1. The third-order valence-corrected chi connectivity index (χ3v) is 6.41. The SMILES string of the molecule is Cc1ccc(Cl)cc1N(CC(=O)Nc1cccc([N+](=O)[O-])c1)S(=O)(=O)c1ccccc1. The molecular formula is C21H18ClN3O5S. The number of nitro groups is 1. The smallest absolute Gasteiger partial charge is 0.271 e. The van der Waals surface area contributed by atoms with E-state index < -0.39 is 27.4 Å². The van der Waals surface area contributed by atoms with E-state index in [1.54, 1.807) is 37.3 Å². The molecule has 0 saturated heterocycles. The first-order valence-corrected chi connectivity index (χ1v) is 10.9. The Hall–Kier alpha value is -3.43. The molecule has 0 aliphatic carbocycles. The number of hydrogen-bond acceptors (Lipinski definition) is 5. The Morgan fingerprint density at radius 2 is 1.77 bits per heavy atom. The minimum Gasteiger partial charge on any atom is -0.324 e. The molecule has 0 heterocycles. The molecule has 31 heavy (non-hydrogen) atoms. The van der Waals surface area contributed by atoms with Gasteiger partial charge in [-0.3, -0.25) is 19.2 Å². The van der Waals surface area contributed by atoms with Crippen molar-refractivity contribution in [1.82, 2.24) is 0 Å². The van der Waals surface area contributed by atoms with Crippen LogP contribution in [0, 0.1) is 17.0 Å². The lowest BCUT2D eigenvalue weighted by Gasteiger charge is -2.25. The minimum absolute atomic E-state index is 0.0116. The molecule has 3 rings (SSSR count). The van der Waals surface area contributed by atoms with E-state index in [4.69, 9.17) is 11.6 Å². The van der Waals surface area contributed by atoms with Crippen molar-refractivity contribution in [1.29, 1.82) is 0 Å². The van der Waals surface area contributed by atoms with Crippen LogP contribution in [0.3, 0.4) is 0 Å². The molecule has 1 N–H and O–H groups in total. The Balaban J connectivity index is 1.97. The van der Waals surface area contributed by atoms with E-state index in [0.717, 1.165) is 4.31 Å². The second-order valence-corrected chi connectivity index (χ2v) is 8.91. The molecule has 0 fully saturated rings. The highest BCUT2D eigenvalue weighted by Crippen LogP contribution is 2.29. The number of anilines is 2. The number of carbonyl (C=O) groups is 1. The topological polar surface area (TPSA) is 110 Å². The summed E-state index contributed by atoms with van der Waals surface area (Å²) in [5.74, 6) is -0.667. The first-order valence-electron chi connectivity index (χ1n) is 9.07. The fourth-order valence-electron chi connectivity index (χ4n) is 2.90. The normalized spacial score (nSPS) is 11.0. The number of sulfonamides is 1. The first kappa shape index (κ1) is 22.3. The summed E-state index contributed by atoms with van der Waals surface area (Å²) in [7, 11) is -4.10. The van der Waals surface area contributed by atoms with Gasteiger partial charge in [-0.15, -0.1) is 0 Å². The van der Waals surface area contributed by atoms with Crippen LogP contribution in [0.25, 0.3) is 0 Å². The predicted molar refractivity (Wildman–Crippen MR) is 119 cm³/mol. The maximum absolute atomic E-state index is 13.3. The van der Waals surface area contributed by atoms with E-state index in [1.165, 1.54) is 42.5 Å². The van der Waals surface area contributed by atoms with Gasteiger partial charge < -0.3 is 5.32 Å². The molecule has 3 aromatic rings. The van der Waals surface area contributed by atoms with Crippen LogP contribution in [0.4, 0.5) is 17.1 Å². The Morgan fingerprint density at radius 3 is 2.45 bits per heavy atom. The van der Waals surface area contributed by atoms with Crippen LogP contribution in [0.15, 0.2) is 77.7 Å². The maximum atomic E-state index is 13.3. The summed E-state index contributed by atoms with van der Waals surface area (Å²) in [5.41, 5.74) is 0.842. The summed E-state index contributed by atoms with van der Waals surface area (Å²) < 4.78 is 27.7. The highest BCUT2D eigenvalue weighted by atomic mass is 35.5. The zero-order valence-electron chi connectivity index (χ0n) is 16.4. The average molecular weight is 460 g/mol. The number of nitro benzene ring substituents is 1. The molecule has 1 amide bonds. The van der Waals surface area contributed by atoms with E-state index >= 15 is 0 Å². The lowest BCUT2D eigenvalue weighted by Crippen LogP contribution is -2.38. The number of halogens is 1. The molecule has 0 unspecified atom stereocenters. The number of benzene rings is 3. The van der Waals surface area contributed by atoms with E-state index in [-0.39, 0.29) is 22.0 Å². The lowest BCUT2D eigenvalue weighted by molar-refractivity contribution is -0.384. The summed E-state index contributed by atoms with van der Waals surface area (Å²) >= 11 is 6.08. The zero-order chi connectivity index (χ0) is 22.6. The van der Waals surface area contributed by atoms with Crippen molar-refractivity contribution in [2.45, 2.75) is 11.8 Å². The quantitative estimate of drug-likeness (QED) is 0.416. The van der Waals surface area contributed by atoms with Gasteiger partial charge in [0.1, 0.15) is 6.54 Å². The second-order valence-electron chi connectivity index (χ2n) is 6.61. The third-order valence-electron chi connectivity index (χ3n) is 4.40. The lowest BCUT2D eigenvalue weighted by atomic mass is 10.2. The average Bonchev–Trinajstić information content (AvgIpc) is 2.74. The van der Waals surface area contributed by atoms with Crippen molar-refractivity contribution in [3.63, 3.8) is 0 Å². The van der Waals surface area contributed by atoms with Gasteiger partial charge in [0.05, 0.1) is 15.5 Å². The van der Waals surface area contributed by atoms with Crippen LogP contribution >= 0.6 is 11.6 Å². The number of carbonyl (C=O) groups excluding carboxylic acids is 1. The van der Waals surface area contributed by atoms with Crippen LogP contribution in [0.1, 0.15) is 5.56 Å². The van der Waals surface area contributed by atoms with Crippen LogP contribution < -0.4 is 9.62 Å². The Bertz CT molecular complexity index is 1230. The maximum Gasteiger partial charge on any atom is 0.271 e. The molecule has 8 nitrogen and oxygen atoms in total. The summed E-state index contributed by atoms with van der Waals surface area (Å²) in [5, 5.41) is 13.8. The van der Waals surface area contributed by atoms with Crippen LogP contribution in [0.5, 0.6) is 0 Å². The molecule has 0 aliphatic rings. The van der Waals surface area contributed by atoms with Gasteiger partial charge in [-0.25, -0.2) is 8.42 Å². The summed E-state index contributed by atoms with van der Waals surface area (Å²) in [6.45, 7) is 1.15. The number of hydrogen-bond donors (Lipinski definition) is 1. The van der Waals surface area contributed by atoms with Crippen molar-refractivity contribution >= 4 is 44.6 Å². The highest BCUT2D eigenvalue weighted by molar-refractivity contribution is 7.92. The molecule has 160 valence electrons. The van der Waals surface area contributed by atoms with Crippen LogP contribution in [-0.4, -0.2) is 25.8 Å². The number of nitrogens with one attached hydrogen (secondary N) is 1. The number of rotatable bonds is 7.